The number of rotatable bonds is 6. The minimum Gasteiger partial charge on any atom is -0.295 e. The molecule has 5 rings (SSSR count). The first kappa shape index (κ1) is 22.9. The molecule has 0 aliphatic carbocycles. The highest BCUT2D eigenvalue weighted by Crippen LogP contribution is 2.29. The Kier molecular flexibility index (Phi) is 6.13. The third-order valence-corrected chi connectivity index (χ3v) is 8.79. The molecule has 0 N–H and O–H groups in total. The lowest BCUT2D eigenvalue weighted by Gasteiger charge is -2.34. The normalized spacial score (nSPS) is 15.7. The summed E-state index contributed by atoms with van der Waals surface area (Å²) < 4.78 is 29.5. The van der Waals surface area contributed by atoms with Crippen LogP contribution >= 0.6 is 22.9 Å². The van der Waals surface area contributed by atoms with Gasteiger partial charge in [0, 0.05) is 67.0 Å². The number of nitro benzene ring substituents is 1. The summed E-state index contributed by atoms with van der Waals surface area (Å²) in [5.41, 5.74) is 2.59. The second kappa shape index (κ2) is 9.08. The monoisotopic (exact) mass is 517 g/mol. The first-order valence-corrected chi connectivity index (χ1v) is 13.2. The molecule has 0 saturated carbocycles. The molecule has 0 bridgehead atoms. The highest BCUT2D eigenvalue weighted by Gasteiger charge is 2.29. The summed E-state index contributed by atoms with van der Waals surface area (Å²) in [7, 11) is -3.58. The number of fused-ring (bicyclic) bond motifs is 1. The van der Waals surface area contributed by atoms with Gasteiger partial charge in [-0.1, -0.05) is 11.6 Å². The van der Waals surface area contributed by atoms with Crippen molar-refractivity contribution in [1.82, 2.24) is 18.6 Å². The third kappa shape index (κ3) is 4.32. The number of aromatic nitrogens is 2. The Labute approximate surface area is 205 Å². The maximum absolute atomic E-state index is 13.0. The first-order chi connectivity index (χ1) is 16.3. The van der Waals surface area contributed by atoms with Crippen molar-refractivity contribution in [1.29, 1.82) is 0 Å². The molecule has 0 radical (unpaired) electrons. The van der Waals surface area contributed by atoms with Crippen molar-refractivity contribution in [3.8, 4) is 11.3 Å². The zero-order valence-electron chi connectivity index (χ0n) is 17.9. The fourth-order valence-electron chi connectivity index (χ4n) is 4.05. The molecule has 0 atom stereocenters. The van der Waals surface area contributed by atoms with Crippen molar-refractivity contribution in [2.75, 3.05) is 26.2 Å². The molecule has 2 aromatic heterocycles. The fraction of sp³-hybridized carbons (Fsp3) is 0.227. The van der Waals surface area contributed by atoms with Crippen LogP contribution in [0.1, 0.15) is 5.69 Å². The topological polar surface area (TPSA) is 101 Å². The van der Waals surface area contributed by atoms with E-state index in [2.05, 4.69) is 4.90 Å². The van der Waals surface area contributed by atoms with Crippen LogP contribution in [-0.4, -0.2) is 58.1 Å². The van der Waals surface area contributed by atoms with Crippen molar-refractivity contribution < 1.29 is 13.3 Å². The Balaban J connectivity index is 1.35. The molecule has 1 saturated heterocycles. The van der Waals surface area contributed by atoms with Crippen LogP contribution in [0, 0.1) is 10.1 Å². The summed E-state index contributed by atoms with van der Waals surface area (Å²) in [4.78, 5) is 18.6. The number of sulfonamides is 1. The van der Waals surface area contributed by atoms with Gasteiger partial charge in [-0.15, -0.1) is 11.3 Å². The molecule has 12 heteroatoms. The molecular weight excluding hydrogens is 498 g/mol. The number of hydrogen-bond acceptors (Lipinski definition) is 7. The van der Waals surface area contributed by atoms with Gasteiger partial charge in [0.05, 0.1) is 21.2 Å². The largest absolute Gasteiger partial charge is 0.295 e. The quantitative estimate of drug-likeness (QED) is 0.281. The summed E-state index contributed by atoms with van der Waals surface area (Å²) in [5.74, 6) is 0. The van der Waals surface area contributed by atoms with Crippen molar-refractivity contribution in [3.63, 3.8) is 0 Å². The fourth-order valence-corrected chi connectivity index (χ4v) is 6.33. The molecule has 176 valence electrons. The summed E-state index contributed by atoms with van der Waals surface area (Å²) in [5, 5.41) is 13.5. The molecule has 1 aliphatic rings. The van der Waals surface area contributed by atoms with E-state index >= 15 is 0 Å². The van der Waals surface area contributed by atoms with Crippen LogP contribution in [0.2, 0.25) is 5.02 Å². The molecular formula is C22H20ClN5O4S2. The molecule has 34 heavy (non-hydrogen) atoms. The summed E-state index contributed by atoms with van der Waals surface area (Å²) in [6, 6.07) is 12.6. The molecule has 0 amide bonds. The predicted molar refractivity (Wildman–Crippen MR) is 131 cm³/mol. The molecule has 9 nitrogen and oxygen atoms in total. The number of non-ortho nitro benzene ring substituents is 1. The van der Waals surface area contributed by atoms with Crippen LogP contribution in [0.25, 0.3) is 16.2 Å². The number of imidazole rings is 1. The van der Waals surface area contributed by atoms with Gasteiger partial charge in [0.15, 0.2) is 4.96 Å². The van der Waals surface area contributed by atoms with E-state index in [4.69, 9.17) is 16.6 Å². The lowest BCUT2D eigenvalue weighted by atomic mass is 10.1. The SMILES string of the molecule is O=[N+]([O-])c1ccc(-c2nc3sccn3c2CN2CCN(S(=O)(=O)c3ccc(Cl)cc3)CC2)cc1. The average molecular weight is 518 g/mol. The van der Waals surface area contributed by atoms with Crippen LogP contribution in [0.4, 0.5) is 5.69 Å². The van der Waals surface area contributed by atoms with Gasteiger partial charge in [0.2, 0.25) is 10.0 Å². The number of nitro groups is 1. The number of piperazine rings is 1. The van der Waals surface area contributed by atoms with E-state index in [-0.39, 0.29) is 10.6 Å². The van der Waals surface area contributed by atoms with Crippen LogP contribution in [0.3, 0.4) is 0 Å². The van der Waals surface area contributed by atoms with Crippen molar-refractivity contribution in [2.24, 2.45) is 0 Å². The van der Waals surface area contributed by atoms with E-state index in [1.165, 1.54) is 39.9 Å². The number of hydrogen-bond donors (Lipinski definition) is 0. The van der Waals surface area contributed by atoms with Gasteiger partial charge < -0.3 is 0 Å². The van der Waals surface area contributed by atoms with Crippen LogP contribution in [0.5, 0.6) is 0 Å². The predicted octanol–water partition coefficient (Wildman–Crippen LogP) is 4.13. The van der Waals surface area contributed by atoms with Crippen molar-refractivity contribution in [3.05, 3.63) is 80.9 Å². The smallest absolute Gasteiger partial charge is 0.269 e. The Bertz CT molecular complexity index is 1440. The molecule has 2 aromatic carbocycles. The lowest BCUT2D eigenvalue weighted by molar-refractivity contribution is -0.384. The standard InChI is InChI=1S/C22H20ClN5O4S2/c23-17-3-7-19(8-4-17)34(31,32)26-11-9-25(10-12-26)15-20-21(24-22-27(20)13-14-33-22)16-1-5-18(6-2-16)28(29)30/h1-8,13-14H,9-12,15H2. The number of halogens is 1. The molecule has 1 fully saturated rings. The summed E-state index contributed by atoms with van der Waals surface area (Å²) in [6.07, 6.45) is 1.96. The molecule has 1 aliphatic heterocycles. The number of nitrogens with zero attached hydrogens (tertiary/aromatic N) is 5. The van der Waals surface area contributed by atoms with Gasteiger partial charge in [-0.25, -0.2) is 13.4 Å². The Hall–Kier alpha value is -2.83. The highest BCUT2D eigenvalue weighted by molar-refractivity contribution is 7.89. The van der Waals surface area contributed by atoms with Crippen LogP contribution < -0.4 is 0 Å². The van der Waals surface area contributed by atoms with E-state index in [1.807, 2.05) is 16.0 Å². The van der Waals surface area contributed by atoms with E-state index < -0.39 is 14.9 Å². The Morgan fingerprint density at radius 2 is 1.71 bits per heavy atom. The second-order valence-electron chi connectivity index (χ2n) is 7.90. The van der Waals surface area contributed by atoms with E-state index in [0.29, 0.717) is 37.7 Å². The zero-order valence-corrected chi connectivity index (χ0v) is 20.3. The van der Waals surface area contributed by atoms with Crippen molar-refractivity contribution in [2.45, 2.75) is 11.4 Å². The average Bonchev–Trinajstić information content (AvgIpc) is 3.42. The van der Waals surface area contributed by atoms with Gasteiger partial charge in [0.25, 0.3) is 5.69 Å². The van der Waals surface area contributed by atoms with Gasteiger partial charge in [-0.05, 0) is 36.4 Å². The Morgan fingerprint density at radius 1 is 1.03 bits per heavy atom. The van der Waals surface area contributed by atoms with E-state index in [0.717, 1.165) is 21.9 Å². The van der Waals surface area contributed by atoms with Gasteiger partial charge >= 0.3 is 0 Å². The lowest BCUT2D eigenvalue weighted by Crippen LogP contribution is -2.48. The minimum atomic E-state index is -3.58. The van der Waals surface area contributed by atoms with Crippen LogP contribution in [-0.2, 0) is 16.6 Å². The van der Waals surface area contributed by atoms with Gasteiger partial charge in [-0.3, -0.25) is 19.4 Å². The minimum absolute atomic E-state index is 0.0318. The number of benzene rings is 2. The molecule has 0 unspecified atom stereocenters. The van der Waals surface area contributed by atoms with Crippen LogP contribution in [0.15, 0.2) is 65.0 Å². The summed E-state index contributed by atoms with van der Waals surface area (Å²) >= 11 is 7.41. The first-order valence-electron chi connectivity index (χ1n) is 10.5. The Morgan fingerprint density at radius 3 is 2.35 bits per heavy atom. The van der Waals surface area contributed by atoms with Crippen molar-refractivity contribution >= 4 is 43.6 Å². The highest BCUT2D eigenvalue weighted by atomic mass is 35.5. The van der Waals surface area contributed by atoms with Gasteiger partial charge in [0.1, 0.15) is 0 Å². The summed E-state index contributed by atoms with van der Waals surface area (Å²) in [6.45, 7) is 2.49. The van der Waals surface area contributed by atoms with E-state index in [9.17, 15) is 18.5 Å². The number of thiazole rings is 1. The third-order valence-electron chi connectivity index (χ3n) is 5.87. The molecule has 4 aromatic rings. The van der Waals surface area contributed by atoms with Gasteiger partial charge in [-0.2, -0.15) is 4.31 Å². The maximum Gasteiger partial charge on any atom is 0.269 e. The molecule has 0 spiro atoms. The zero-order chi connectivity index (χ0) is 23.9. The molecule has 3 heterocycles. The van der Waals surface area contributed by atoms with E-state index in [1.54, 1.807) is 24.3 Å². The second-order valence-corrected chi connectivity index (χ2v) is 11.1. The maximum atomic E-state index is 13.0.